The van der Waals surface area contributed by atoms with Gasteiger partial charge in [0.25, 0.3) is 5.91 Å². The number of hydrogen-bond donors (Lipinski definition) is 2. The van der Waals surface area contributed by atoms with Crippen LogP contribution < -0.4 is 20.3 Å². The summed E-state index contributed by atoms with van der Waals surface area (Å²) in [5.74, 6) is 0.665. The van der Waals surface area contributed by atoms with E-state index in [0.717, 1.165) is 39.2 Å². The predicted octanol–water partition coefficient (Wildman–Crippen LogP) is 3.17. The SMILES string of the molecule is COc1ccc(NC(=O)c2cc3sc(N4CC5CC4CN5)nc3s2)cc1. The van der Waals surface area contributed by atoms with Crippen molar-refractivity contribution >= 4 is 48.9 Å². The number of hydrogen-bond acceptors (Lipinski definition) is 7. The van der Waals surface area contributed by atoms with Gasteiger partial charge in [-0.2, -0.15) is 0 Å². The Hall–Kier alpha value is -2.16. The van der Waals surface area contributed by atoms with Crippen molar-refractivity contribution in [3.63, 3.8) is 0 Å². The summed E-state index contributed by atoms with van der Waals surface area (Å²) in [4.78, 5) is 21.3. The standard InChI is InChI=1S/C18H18N4O2S2/c1-24-13-4-2-10(3-5-13)20-16(23)14-7-15-17(25-14)21-18(26-15)22-9-11-6-12(22)8-19-11/h2-5,7,11-12,19H,6,8-9H2,1H3,(H,20,23). The molecule has 2 aliphatic heterocycles. The summed E-state index contributed by atoms with van der Waals surface area (Å²) in [6.45, 7) is 2.09. The smallest absolute Gasteiger partial charge is 0.265 e. The molecule has 3 aromatic rings. The van der Waals surface area contributed by atoms with Crippen LogP contribution >= 0.6 is 22.7 Å². The van der Waals surface area contributed by atoms with Crippen LogP contribution in [0.4, 0.5) is 10.8 Å². The molecule has 0 spiro atoms. The Balaban J connectivity index is 1.33. The van der Waals surface area contributed by atoms with Gasteiger partial charge in [-0.3, -0.25) is 4.79 Å². The molecule has 2 aliphatic rings. The number of carbonyl (C=O) groups is 1. The molecule has 1 aromatic carbocycles. The number of ether oxygens (including phenoxy) is 1. The van der Waals surface area contributed by atoms with E-state index < -0.39 is 0 Å². The Labute approximate surface area is 158 Å². The topological polar surface area (TPSA) is 66.5 Å². The first-order chi connectivity index (χ1) is 12.7. The molecule has 26 heavy (non-hydrogen) atoms. The van der Waals surface area contributed by atoms with Crippen LogP contribution in [0, 0.1) is 0 Å². The van der Waals surface area contributed by atoms with Gasteiger partial charge in [-0.1, -0.05) is 11.3 Å². The maximum Gasteiger partial charge on any atom is 0.265 e. The van der Waals surface area contributed by atoms with Gasteiger partial charge >= 0.3 is 0 Å². The van der Waals surface area contributed by atoms with E-state index in [2.05, 4.69) is 15.5 Å². The molecular formula is C18H18N4O2S2. The summed E-state index contributed by atoms with van der Waals surface area (Å²) in [6.07, 6.45) is 1.21. The second kappa shape index (κ2) is 6.22. The van der Waals surface area contributed by atoms with Gasteiger partial charge < -0.3 is 20.3 Å². The minimum absolute atomic E-state index is 0.101. The normalized spacial score (nSPS) is 21.5. The zero-order valence-corrected chi connectivity index (χ0v) is 15.8. The largest absolute Gasteiger partial charge is 0.497 e. The summed E-state index contributed by atoms with van der Waals surface area (Å²) in [6, 6.07) is 10.4. The number of thiazole rings is 1. The number of amides is 1. The average Bonchev–Trinajstić information content (AvgIpc) is 3.41. The first-order valence-electron chi connectivity index (χ1n) is 8.55. The third-order valence-corrected chi connectivity index (χ3v) is 7.15. The Morgan fingerprint density at radius 3 is 2.85 bits per heavy atom. The summed E-state index contributed by atoms with van der Waals surface area (Å²) < 4.78 is 6.22. The summed E-state index contributed by atoms with van der Waals surface area (Å²) in [5, 5.41) is 7.53. The van der Waals surface area contributed by atoms with Gasteiger partial charge in [0.05, 0.1) is 16.7 Å². The van der Waals surface area contributed by atoms with Gasteiger partial charge in [0.2, 0.25) is 0 Å². The van der Waals surface area contributed by atoms with Crippen molar-refractivity contribution in [3.05, 3.63) is 35.2 Å². The second-order valence-corrected chi connectivity index (χ2v) is 8.65. The van der Waals surface area contributed by atoms with Crippen LogP contribution in [0.25, 0.3) is 9.53 Å². The fraction of sp³-hybridized carbons (Fsp3) is 0.333. The van der Waals surface area contributed by atoms with Gasteiger partial charge in [0.15, 0.2) is 5.13 Å². The van der Waals surface area contributed by atoms with Crippen LogP contribution in [-0.2, 0) is 0 Å². The number of rotatable bonds is 4. The van der Waals surface area contributed by atoms with E-state index in [1.165, 1.54) is 17.8 Å². The highest BCUT2D eigenvalue weighted by atomic mass is 32.1. The van der Waals surface area contributed by atoms with E-state index in [1.54, 1.807) is 18.4 Å². The molecule has 2 fully saturated rings. The molecule has 1 amide bonds. The van der Waals surface area contributed by atoms with Crippen molar-refractivity contribution in [3.8, 4) is 5.75 Å². The van der Waals surface area contributed by atoms with Gasteiger partial charge in [0, 0.05) is 30.9 Å². The van der Waals surface area contributed by atoms with Crippen molar-refractivity contribution < 1.29 is 9.53 Å². The van der Waals surface area contributed by atoms with E-state index in [9.17, 15) is 4.79 Å². The number of thiophene rings is 1. The van der Waals surface area contributed by atoms with Gasteiger partial charge in [-0.15, -0.1) is 11.3 Å². The number of piperazine rings is 1. The number of benzene rings is 1. The molecule has 0 saturated carbocycles. The lowest BCUT2D eigenvalue weighted by Crippen LogP contribution is -2.43. The Kier molecular flexibility index (Phi) is 3.84. The average molecular weight is 387 g/mol. The molecule has 2 bridgehead atoms. The summed E-state index contributed by atoms with van der Waals surface area (Å²) in [7, 11) is 1.62. The zero-order valence-electron chi connectivity index (χ0n) is 14.2. The lowest BCUT2D eigenvalue weighted by molar-refractivity contribution is 0.103. The Bertz CT molecular complexity index is 934. The lowest BCUT2D eigenvalue weighted by Gasteiger charge is -2.26. The third-order valence-electron chi connectivity index (χ3n) is 4.95. The van der Waals surface area contributed by atoms with E-state index in [4.69, 9.17) is 9.72 Å². The van der Waals surface area contributed by atoms with Crippen molar-refractivity contribution in [1.29, 1.82) is 0 Å². The van der Waals surface area contributed by atoms with Gasteiger partial charge in [0.1, 0.15) is 10.6 Å². The fourth-order valence-corrected chi connectivity index (χ4v) is 5.81. The first kappa shape index (κ1) is 16.0. The highest BCUT2D eigenvalue weighted by Gasteiger charge is 2.39. The molecule has 5 rings (SSSR count). The Morgan fingerprint density at radius 1 is 1.35 bits per heavy atom. The van der Waals surface area contributed by atoms with Crippen LogP contribution in [0.1, 0.15) is 16.1 Å². The van der Waals surface area contributed by atoms with Gasteiger partial charge in [-0.25, -0.2) is 4.98 Å². The van der Waals surface area contributed by atoms with E-state index >= 15 is 0 Å². The quantitative estimate of drug-likeness (QED) is 0.721. The first-order valence-corrected chi connectivity index (χ1v) is 10.2. The molecule has 134 valence electrons. The maximum absolute atomic E-state index is 12.5. The highest BCUT2D eigenvalue weighted by molar-refractivity contribution is 7.29. The van der Waals surface area contributed by atoms with E-state index in [0.29, 0.717) is 17.0 Å². The van der Waals surface area contributed by atoms with Crippen molar-refractivity contribution in [2.24, 2.45) is 0 Å². The number of carbonyl (C=O) groups excluding carboxylic acids is 1. The van der Waals surface area contributed by atoms with Crippen LogP contribution in [-0.4, -0.2) is 43.2 Å². The molecule has 2 unspecified atom stereocenters. The monoisotopic (exact) mass is 386 g/mol. The summed E-state index contributed by atoms with van der Waals surface area (Å²) >= 11 is 3.14. The molecule has 2 aromatic heterocycles. The van der Waals surface area contributed by atoms with Gasteiger partial charge in [-0.05, 0) is 36.8 Å². The lowest BCUT2D eigenvalue weighted by atomic mass is 10.2. The zero-order chi connectivity index (χ0) is 17.7. The van der Waals surface area contributed by atoms with Crippen molar-refractivity contribution in [2.75, 3.05) is 30.4 Å². The Morgan fingerprint density at radius 2 is 2.19 bits per heavy atom. The van der Waals surface area contributed by atoms with E-state index in [-0.39, 0.29) is 5.91 Å². The van der Waals surface area contributed by atoms with E-state index in [1.807, 2.05) is 30.3 Å². The number of methoxy groups -OCH3 is 1. The van der Waals surface area contributed by atoms with Crippen LogP contribution in [0.3, 0.4) is 0 Å². The van der Waals surface area contributed by atoms with Crippen molar-refractivity contribution in [1.82, 2.24) is 10.3 Å². The minimum Gasteiger partial charge on any atom is -0.497 e. The van der Waals surface area contributed by atoms with Crippen LogP contribution in [0.2, 0.25) is 0 Å². The minimum atomic E-state index is -0.101. The molecule has 0 aliphatic carbocycles. The third kappa shape index (κ3) is 2.74. The molecule has 0 radical (unpaired) electrons. The number of nitrogens with one attached hydrogen (secondary N) is 2. The molecule has 6 nitrogen and oxygen atoms in total. The predicted molar refractivity (Wildman–Crippen MR) is 106 cm³/mol. The molecular weight excluding hydrogens is 368 g/mol. The van der Waals surface area contributed by atoms with Crippen LogP contribution in [0.5, 0.6) is 5.75 Å². The second-order valence-electron chi connectivity index (χ2n) is 6.61. The fourth-order valence-electron chi connectivity index (χ4n) is 3.62. The molecule has 2 atom stereocenters. The molecule has 8 heteroatoms. The number of aromatic nitrogens is 1. The molecule has 2 saturated heterocycles. The molecule has 2 N–H and O–H groups in total. The van der Waals surface area contributed by atoms with Crippen LogP contribution in [0.15, 0.2) is 30.3 Å². The maximum atomic E-state index is 12.5. The number of fused-ring (bicyclic) bond motifs is 3. The summed E-state index contributed by atoms with van der Waals surface area (Å²) in [5.41, 5.74) is 0.752. The number of nitrogens with zero attached hydrogens (tertiary/aromatic N) is 2. The highest BCUT2D eigenvalue weighted by Crippen LogP contribution is 2.38. The van der Waals surface area contributed by atoms with Crippen molar-refractivity contribution in [2.45, 2.75) is 18.5 Å². The number of anilines is 2. The molecule has 4 heterocycles.